The summed E-state index contributed by atoms with van der Waals surface area (Å²) in [4.78, 5) is 28.4. The smallest absolute Gasteiger partial charge is 0.320 e. The molecule has 0 N–H and O–H groups in total. The maximum atomic E-state index is 12.9. The van der Waals surface area contributed by atoms with Crippen LogP contribution in [0.15, 0.2) is 48.5 Å². The van der Waals surface area contributed by atoms with Gasteiger partial charge in [-0.05, 0) is 36.2 Å². The Morgan fingerprint density at radius 3 is 2.62 bits per heavy atom. The van der Waals surface area contributed by atoms with Gasteiger partial charge < -0.3 is 19.3 Å². The zero-order valence-electron chi connectivity index (χ0n) is 17.8. The van der Waals surface area contributed by atoms with E-state index in [0.717, 1.165) is 6.42 Å². The number of nitriles is 1. The number of para-hydroxylation sites is 1. The molecule has 2 aromatic rings. The van der Waals surface area contributed by atoms with Crippen LogP contribution in [-0.2, 0) is 9.53 Å². The maximum absolute atomic E-state index is 12.9. The number of ether oxygens (including phenoxy) is 2. The first-order chi connectivity index (χ1) is 15.6. The monoisotopic (exact) mass is 431 g/mol. The van der Waals surface area contributed by atoms with Gasteiger partial charge in [0.05, 0.1) is 11.7 Å². The molecule has 32 heavy (non-hydrogen) atoms. The number of carbonyl (C=O) groups is 2. The van der Waals surface area contributed by atoms with Crippen LogP contribution < -0.4 is 4.74 Å². The minimum Gasteiger partial charge on any atom is -0.456 e. The second kappa shape index (κ2) is 8.64. The number of carbonyl (C=O) groups excluding carboxylic acids is 2. The molecule has 3 aliphatic heterocycles. The number of Topliss-reactive ketones (excluding diaryl/α,β-unsaturated/α-hetero) is 1. The normalized spacial score (nSPS) is 23.2. The molecule has 2 aromatic carbocycles. The van der Waals surface area contributed by atoms with E-state index < -0.39 is 0 Å². The first kappa shape index (κ1) is 20.5. The average Bonchev–Trinajstić information content (AvgIpc) is 2.79. The molecule has 0 radical (unpaired) electrons. The minimum absolute atomic E-state index is 0.0609. The molecule has 2 amide bonds. The highest BCUT2D eigenvalue weighted by Crippen LogP contribution is 2.33. The number of hydrogen-bond donors (Lipinski definition) is 0. The van der Waals surface area contributed by atoms with Crippen LogP contribution in [0.2, 0.25) is 0 Å². The van der Waals surface area contributed by atoms with Gasteiger partial charge in [-0.25, -0.2) is 4.79 Å². The lowest BCUT2D eigenvalue weighted by Gasteiger charge is -2.46. The van der Waals surface area contributed by atoms with Crippen molar-refractivity contribution in [1.82, 2.24) is 9.80 Å². The first-order valence-electron chi connectivity index (χ1n) is 11.0. The lowest BCUT2D eigenvalue weighted by atomic mass is 9.87. The van der Waals surface area contributed by atoms with Crippen molar-refractivity contribution in [3.63, 3.8) is 0 Å². The Labute approximate surface area is 187 Å². The molecule has 0 unspecified atom stereocenters. The Bertz CT molecular complexity index is 1060. The van der Waals surface area contributed by atoms with E-state index in [1.807, 2.05) is 46.2 Å². The molecule has 2 atom stereocenters. The fourth-order valence-corrected chi connectivity index (χ4v) is 4.78. The molecule has 3 aliphatic rings. The van der Waals surface area contributed by atoms with E-state index in [0.29, 0.717) is 55.6 Å². The van der Waals surface area contributed by atoms with Gasteiger partial charge in [0.25, 0.3) is 0 Å². The van der Waals surface area contributed by atoms with Crippen molar-refractivity contribution in [2.24, 2.45) is 5.92 Å². The summed E-state index contributed by atoms with van der Waals surface area (Å²) in [6, 6.07) is 17.2. The average molecular weight is 431 g/mol. The lowest BCUT2D eigenvalue weighted by molar-refractivity contribution is -0.140. The van der Waals surface area contributed by atoms with Gasteiger partial charge >= 0.3 is 6.03 Å². The van der Waals surface area contributed by atoms with Crippen LogP contribution in [0.3, 0.4) is 0 Å². The quantitative estimate of drug-likeness (QED) is 0.742. The zero-order chi connectivity index (χ0) is 22.1. The second-order valence-electron chi connectivity index (χ2n) is 8.75. The van der Waals surface area contributed by atoms with Gasteiger partial charge in [0, 0.05) is 44.4 Å². The number of rotatable bonds is 3. The van der Waals surface area contributed by atoms with Crippen molar-refractivity contribution < 1.29 is 19.1 Å². The number of fused-ring (bicyclic) bond motifs is 1. The Hall–Kier alpha value is -3.37. The molecular formula is C25H25N3O4. The molecule has 5 rings (SSSR count). The Kier molecular flexibility index (Phi) is 5.54. The molecule has 3 fully saturated rings. The van der Waals surface area contributed by atoms with E-state index in [-0.39, 0.29) is 30.4 Å². The molecule has 0 saturated carbocycles. The van der Waals surface area contributed by atoms with Gasteiger partial charge in [-0.3, -0.25) is 4.79 Å². The highest BCUT2D eigenvalue weighted by molar-refractivity contribution is 5.81. The number of likely N-dealkylation sites (tertiary alicyclic amines) is 2. The third kappa shape index (κ3) is 4.06. The van der Waals surface area contributed by atoms with Crippen LogP contribution in [0.4, 0.5) is 4.79 Å². The third-order valence-electron chi connectivity index (χ3n) is 6.62. The predicted molar refractivity (Wildman–Crippen MR) is 116 cm³/mol. The van der Waals surface area contributed by atoms with Crippen LogP contribution in [-0.4, -0.2) is 60.5 Å². The van der Waals surface area contributed by atoms with Gasteiger partial charge in [0.2, 0.25) is 0 Å². The molecule has 164 valence electrons. The molecule has 3 saturated heterocycles. The van der Waals surface area contributed by atoms with Crippen molar-refractivity contribution in [3.05, 3.63) is 59.7 Å². The summed E-state index contributed by atoms with van der Waals surface area (Å²) in [5.74, 6) is 1.78. The lowest BCUT2D eigenvalue weighted by Crippen LogP contribution is -2.58. The fourth-order valence-electron chi connectivity index (χ4n) is 4.78. The molecule has 0 spiro atoms. The zero-order valence-corrected chi connectivity index (χ0v) is 17.8. The molecule has 7 nitrogen and oxygen atoms in total. The number of amides is 2. The summed E-state index contributed by atoms with van der Waals surface area (Å²) in [6.07, 6.45) is 1.43. The van der Waals surface area contributed by atoms with Crippen LogP contribution in [0.5, 0.6) is 11.5 Å². The number of piperidine rings is 1. The van der Waals surface area contributed by atoms with E-state index in [2.05, 4.69) is 6.07 Å². The van der Waals surface area contributed by atoms with Gasteiger partial charge in [-0.15, -0.1) is 0 Å². The number of nitrogens with zero attached hydrogens (tertiary/aromatic N) is 3. The van der Waals surface area contributed by atoms with Crippen LogP contribution in [0.1, 0.15) is 29.9 Å². The number of urea groups is 1. The standard InChI is InChI=1S/C25H25N3O4/c26-12-18-3-1-2-4-24(18)32-22-7-5-17(6-8-22)20-14-28(15-20)25(30)27-10-9-23-19(13-27)11-21(29)16-31-23/h1-8,19-20,23H,9-11,13-16H2/t19-,23+/m1/s1. The van der Waals surface area contributed by atoms with Crippen molar-refractivity contribution in [1.29, 1.82) is 5.26 Å². The van der Waals surface area contributed by atoms with Gasteiger partial charge in [0.1, 0.15) is 24.2 Å². The van der Waals surface area contributed by atoms with Gasteiger partial charge in [-0.1, -0.05) is 24.3 Å². The van der Waals surface area contributed by atoms with Crippen molar-refractivity contribution in [2.75, 3.05) is 32.8 Å². The molecule has 0 bridgehead atoms. The summed E-state index contributed by atoms with van der Waals surface area (Å²) in [6.45, 7) is 2.89. The van der Waals surface area contributed by atoms with Crippen LogP contribution >= 0.6 is 0 Å². The Morgan fingerprint density at radius 1 is 1.06 bits per heavy atom. The highest BCUT2D eigenvalue weighted by atomic mass is 16.5. The Morgan fingerprint density at radius 2 is 1.84 bits per heavy atom. The van der Waals surface area contributed by atoms with E-state index >= 15 is 0 Å². The molecular weight excluding hydrogens is 406 g/mol. The van der Waals surface area contributed by atoms with Crippen molar-refractivity contribution in [2.45, 2.75) is 24.9 Å². The van der Waals surface area contributed by atoms with E-state index in [9.17, 15) is 14.9 Å². The fraction of sp³-hybridized carbons (Fsp3) is 0.400. The first-order valence-corrected chi connectivity index (χ1v) is 11.0. The number of hydrogen-bond acceptors (Lipinski definition) is 5. The van der Waals surface area contributed by atoms with Crippen molar-refractivity contribution >= 4 is 11.8 Å². The van der Waals surface area contributed by atoms with E-state index in [1.165, 1.54) is 5.56 Å². The minimum atomic E-state index is 0.0609. The molecule has 0 aliphatic carbocycles. The number of ketones is 1. The maximum Gasteiger partial charge on any atom is 0.320 e. The van der Waals surface area contributed by atoms with Crippen molar-refractivity contribution in [3.8, 4) is 17.6 Å². The highest BCUT2D eigenvalue weighted by Gasteiger charge is 2.40. The number of benzene rings is 2. The SMILES string of the molecule is N#Cc1ccccc1Oc1ccc(C2CN(C(=O)N3CC[C@@H]4OCC(=O)C[C@@H]4C3)C2)cc1. The van der Waals surface area contributed by atoms with Crippen LogP contribution in [0.25, 0.3) is 0 Å². The molecule has 3 heterocycles. The summed E-state index contributed by atoms with van der Waals surface area (Å²) >= 11 is 0. The van der Waals surface area contributed by atoms with Gasteiger partial charge in [-0.2, -0.15) is 5.26 Å². The van der Waals surface area contributed by atoms with Crippen LogP contribution in [0, 0.1) is 17.2 Å². The molecule has 0 aromatic heterocycles. The van der Waals surface area contributed by atoms with E-state index in [4.69, 9.17) is 9.47 Å². The summed E-state index contributed by atoms with van der Waals surface area (Å²) in [5, 5.41) is 9.20. The topological polar surface area (TPSA) is 82.9 Å². The summed E-state index contributed by atoms with van der Waals surface area (Å²) < 4.78 is 11.5. The summed E-state index contributed by atoms with van der Waals surface area (Å²) in [7, 11) is 0. The predicted octanol–water partition coefficient (Wildman–Crippen LogP) is 3.55. The third-order valence-corrected chi connectivity index (χ3v) is 6.62. The Balaban J connectivity index is 1.15. The second-order valence-corrected chi connectivity index (χ2v) is 8.75. The van der Waals surface area contributed by atoms with E-state index in [1.54, 1.807) is 12.1 Å². The summed E-state index contributed by atoms with van der Waals surface area (Å²) in [5.41, 5.74) is 1.66. The van der Waals surface area contributed by atoms with Gasteiger partial charge in [0.15, 0.2) is 5.78 Å². The largest absolute Gasteiger partial charge is 0.456 e. The molecule has 7 heteroatoms.